The number of carboxylic acids is 1. The number of amides is 4. The fourth-order valence-electron chi connectivity index (χ4n) is 2.62. The molecule has 0 aliphatic rings. The lowest BCUT2D eigenvalue weighted by molar-refractivity contribution is -0.145. The Kier molecular flexibility index (Phi) is 14.2. The van der Waals surface area contributed by atoms with Gasteiger partial charge in [-0.25, -0.2) is 0 Å². The topological polar surface area (TPSA) is 255 Å². The molecule has 2 unspecified atom stereocenters. The van der Waals surface area contributed by atoms with E-state index in [9.17, 15) is 39.0 Å². The van der Waals surface area contributed by atoms with Crippen LogP contribution in [0.3, 0.4) is 0 Å². The molecular weight excluding hydrogens is 460 g/mol. The Balaban J connectivity index is 4.91. The number of carbonyl (C=O) groups is 6. The quantitative estimate of drug-likeness (QED) is 0.0896. The number of hydrogen-bond donors (Lipinski definition) is 8. The number of nitrogens with two attached hydrogens (primary N) is 1. The summed E-state index contributed by atoms with van der Waals surface area (Å²) in [6.45, 7) is 0.639. The lowest BCUT2D eigenvalue weighted by atomic mass is 10.0. The number of rotatable bonds is 17. The van der Waals surface area contributed by atoms with Crippen LogP contribution in [0.4, 0.5) is 0 Å². The summed E-state index contributed by atoms with van der Waals surface area (Å²) in [4.78, 5) is 68.9. The van der Waals surface area contributed by atoms with E-state index in [0.717, 1.165) is 6.92 Å². The van der Waals surface area contributed by atoms with Gasteiger partial charge in [0.05, 0.1) is 12.5 Å². The van der Waals surface area contributed by atoms with Crippen LogP contribution in [0, 0.1) is 5.92 Å². The minimum atomic E-state index is -1.83. The van der Waals surface area contributed by atoms with Crippen molar-refractivity contribution in [2.75, 3.05) is 19.8 Å². The van der Waals surface area contributed by atoms with Gasteiger partial charge in [0.15, 0.2) is 0 Å². The van der Waals surface area contributed by atoms with E-state index in [1.165, 1.54) is 6.92 Å². The first kappa shape index (κ1) is 30.9. The highest BCUT2D eigenvalue weighted by Crippen LogP contribution is 2.09. The molecule has 15 nitrogen and oxygen atoms in total. The van der Waals surface area contributed by atoms with Gasteiger partial charge >= 0.3 is 5.97 Å². The van der Waals surface area contributed by atoms with Gasteiger partial charge < -0.3 is 51.6 Å². The van der Waals surface area contributed by atoms with Crippen LogP contribution in [0.5, 0.6) is 0 Å². The average Bonchev–Trinajstić information content (AvgIpc) is 2.77. The van der Waals surface area contributed by atoms with Crippen LogP contribution in [0.1, 0.15) is 26.7 Å². The van der Waals surface area contributed by atoms with Gasteiger partial charge in [-0.3, -0.25) is 24.0 Å². The average molecular weight is 492 g/mol. The molecule has 15 heteroatoms. The van der Waals surface area contributed by atoms with Crippen molar-refractivity contribution in [3.05, 3.63) is 0 Å². The van der Waals surface area contributed by atoms with E-state index in [4.69, 9.17) is 20.7 Å². The molecule has 0 spiro atoms. The van der Waals surface area contributed by atoms with Gasteiger partial charge in [-0.2, -0.15) is 0 Å². The summed E-state index contributed by atoms with van der Waals surface area (Å²) in [6, 6.07) is -2.65. The molecule has 0 radical (unpaired) electrons. The van der Waals surface area contributed by atoms with E-state index in [0.29, 0.717) is 0 Å². The predicted octanol–water partition coefficient (Wildman–Crippen LogP) is -4.62. The third-order valence-corrected chi connectivity index (χ3v) is 4.56. The second-order valence-electron chi connectivity index (χ2n) is 7.48. The summed E-state index contributed by atoms with van der Waals surface area (Å²) >= 11 is 0. The first-order valence-corrected chi connectivity index (χ1v) is 10.2. The van der Waals surface area contributed by atoms with Gasteiger partial charge in [0, 0.05) is 19.9 Å². The maximum absolute atomic E-state index is 12.2. The molecule has 6 atom stereocenters. The maximum Gasteiger partial charge on any atom is 0.303 e. The van der Waals surface area contributed by atoms with Crippen molar-refractivity contribution in [2.24, 2.45) is 11.7 Å². The van der Waals surface area contributed by atoms with Crippen LogP contribution < -0.4 is 21.7 Å². The lowest BCUT2D eigenvalue weighted by Gasteiger charge is -2.30. The molecule has 0 aliphatic carbocycles. The van der Waals surface area contributed by atoms with Crippen LogP contribution >= 0.6 is 0 Å². The minimum absolute atomic E-state index is 0.209. The number of hydrogen-bond acceptors (Lipinski definition) is 10. The van der Waals surface area contributed by atoms with Gasteiger partial charge in [0.2, 0.25) is 23.6 Å². The number of aldehydes is 1. The highest BCUT2D eigenvalue weighted by Gasteiger charge is 2.34. The van der Waals surface area contributed by atoms with Crippen LogP contribution in [0.25, 0.3) is 0 Å². The molecule has 0 fully saturated rings. The monoisotopic (exact) mass is 492 g/mol. The molecule has 34 heavy (non-hydrogen) atoms. The number of aliphatic carboxylic acids is 1. The number of carbonyl (C=O) groups excluding carboxylic acids is 5. The highest BCUT2D eigenvalue weighted by molar-refractivity contribution is 5.88. The van der Waals surface area contributed by atoms with Crippen molar-refractivity contribution in [3.8, 4) is 0 Å². The Morgan fingerprint density at radius 2 is 1.74 bits per heavy atom. The summed E-state index contributed by atoms with van der Waals surface area (Å²) in [5.74, 6) is -5.08. The molecule has 9 N–H and O–H groups in total. The largest absolute Gasteiger partial charge is 0.481 e. The maximum atomic E-state index is 12.2. The zero-order chi connectivity index (χ0) is 26.4. The van der Waals surface area contributed by atoms with Gasteiger partial charge in [0.25, 0.3) is 0 Å². The van der Waals surface area contributed by atoms with Crippen molar-refractivity contribution in [2.45, 2.75) is 57.1 Å². The van der Waals surface area contributed by atoms with E-state index in [2.05, 4.69) is 16.0 Å². The number of aliphatic hydroxyl groups excluding tert-OH is 3. The molecular formula is C19H32N4O11. The molecule has 0 aromatic heterocycles. The molecule has 0 aromatic rings. The van der Waals surface area contributed by atoms with Crippen molar-refractivity contribution in [1.82, 2.24) is 16.0 Å². The second-order valence-corrected chi connectivity index (χ2v) is 7.48. The van der Waals surface area contributed by atoms with Gasteiger partial charge in [-0.15, -0.1) is 0 Å². The number of ether oxygens (including phenoxy) is 1. The van der Waals surface area contributed by atoms with Gasteiger partial charge in [-0.05, 0) is 6.42 Å². The first-order chi connectivity index (χ1) is 15.8. The Morgan fingerprint density at radius 1 is 1.12 bits per heavy atom. The van der Waals surface area contributed by atoms with E-state index in [1.54, 1.807) is 0 Å². The fraction of sp³-hybridized carbons (Fsp3) is 0.684. The summed E-state index contributed by atoms with van der Waals surface area (Å²) < 4.78 is 5.19. The van der Waals surface area contributed by atoms with E-state index in [-0.39, 0.29) is 19.3 Å². The minimum Gasteiger partial charge on any atom is -0.481 e. The normalized spacial score (nSPS) is 16.1. The van der Waals surface area contributed by atoms with Crippen LogP contribution in [0.15, 0.2) is 0 Å². The fourth-order valence-corrected chi connectivity index (χ4v) is 2.62. The SMILES string of the molecule is CC(=O)N[C@@H](C=O)[C@@H](OCC(=O)NCC(C)C(=O)NC(CCC(=O)O)C(N)=O)[C@H](O)[C@H](O)CO. The lowest BCUT2D eigenvalue weighted by Crippen LogP contribution is -2.55. The molecule has 0 heterocycles. The summed E-state index contributed by atoms with van der Waals surface area (Å²) in [7, 11) is 0. The number of carboxylic acid groups (broad SMARTS) is 1. The molecule has 0 rings (SSSR count). The molecule has 194 valence electrons. The zero-order valence-corrected chi connectivity index (χ0v) is 18.8. The Hall–Kier alpha value is -3.14. The molecule has 0 bridgehead atoms. The third-order valence-electron chi connectivity index (χ3n) is 4.56. The van der Waals surface area contributed by atoms with Crippen molar-refractivity contribution >= 4 is 35.9 Å². The third kappa shape index (κ3) is 11.6. The van der Waals surface area contributed by atoms with Crippen LogP contribution in [0.2, 0.25) is 0 Å². The van der Waals surface area contributed by atoms with E-state index in [1.807, 2.05) is 0 Å². The molecule has 0 aliphatic heterocycles. The van der Waals surface area contributed by atoms with Crippen LogP contribution in [-0.4, -0.2) is 106 Å². The number of primary amides is 1. The first-order valence-electron chi connectivity index (χ1n) is 10.2. The Bertz CT molecular complexity index is 733. The molecule has 0 saturated heterocycles. The summed E-state index contributed by atoms with van der Waals surface area (Å²) in [5, 5.41) is 44.3. The second kappa shape index (κ2) is 15.7. The zero-order valence-electron chi connectivity index (χ0n) is 18.8. The van der Waals surface area contributed by atoms with Gasteiger partial charge in [-0.1, -0.05) is 6.92 Å². The van der Waals surface area contributed by atoms with Gasteiger partial charge in [0.1, 0.15) is 43.3 Å². The number of aliphatic hydroxyl groups is 3. The molecule has 0 saturated carbocycles. The molecule has 4 amide bonds. The predicted molar refractivity (Wildman–Crippen MR) is 113 cm³/mol. The summed E-state index contributed by atoms with van der Waals surface area (Å²) in [6.07, 6.45) is -5.52. The number of nitrogens with one attached hydrogen (secondary N) is 3. The Labute approximate surface area is 195 Å². The standard InChI is InChI=1S/C19H32N4O11/c1-9(19(33)23-11(18(20)32)3-4-15(29)30)5-21-14(28)8-34-17(16(31)13(27)7-25)12(6-24)22-10(2)26/h6,9,11-13,16-17,25,27,31H,3-5,7-8H2,1-2H3,(H2,20,32)(H,21,28)(H,22,26)(H,23,33)(H,29,30)/t9?,11?,12-,13+,16+,17+/m0/s1. The van der Waals surface area contributed by atoms with Crippen molar-refractivity contribution in [1.29, 1.82) is 0 Å². The van der Waals surface area contributed by atoms with Crippen molar-refractivity contribution < 1.29 is 53.9 Å². The van der Waals surface area contributed by atoms with Crippen LogP contribution in [-0.2, 0) is 33.5 Å². The highest BCUT2D eigenvalue weighted by atomic mass is 16.5. The summed E-state index contributed by atoms with van der Waals surface area (Å²) in [5.41, 5.74) is 5.15. The van der Waals surface area contributed by atoms with E-state index < -0.39 is 85.5 Å². The smallest absolute Gasteiger partial charge is 0.303 e. The van der Waals surface area contributed by atoms with E-state index >= 15 is 0 Å². The molecule has 0 aromatic carbocycles. The van der Waals surface area contributed by atoms with Crippen molar-refractivity contribution in [3.63, 3.8) is 0 Å². The Morgan fingerprint density at radius 3 is 2.21 bits per heavy atom.